The van der Waals surface area contributed by atoms with E-state index in [1.54, 1.807) is 48.5 Å². The van der Waals surface area contributed by atoms with E-state index in [0.29, 0.717) is 24.3 Å². The van der Waals surface area contributed by atoms with Gasteiger partial charge in [-0.2, -0.15) is 0 Å². The molecule has 0 atom stereocenters. The van der Waals surface area contributed by atoms with Crippen molar-refractivity contribution in [2.75, 3.05) is 31.5 Å². The van der Waals surface area contributed by atoms with Gasteiger partial charge in [0.25, 0.3) is 15.9 Å². The van der Waals surface area contributed by atoms with Crippen LogP contribution in [0.3, 0.4) is 0 Å². The van der Waals surface area contributed by atoms with Gasteiger partial charge in [0.15, 0.2) is 0 Å². The van der Waals surface area contributed by atoms with Crippen LogP contribution in [0.25, 0.3) is 0 Å². The second kappa shape index (κ2) is 9.56. The largest absolute Gasteiger partial charge is 0.351 e. The van der Waals surface area contributed by atoms with Gasteiger partial charge in [-0.3, -0.25) is 9.10 Å². The highest BCUT2D eigenvalue weighted by atomic mass is 35.5. The Labute approximate surface area is 161 Å². The number of rotatable bonds is 7. The van der Waals surface area contributed by atoms with Gasteiger partial charge in [0.05, 0.1) is 10.6 Å². The fourth-order valence-corrected chi connectivity index (χ4v) is 3.43. The van der Waals surface area contributed by atoms with Crippen LogP contribution in [-0.2, 0) is 10.0 Å². The molecule has 0 aromatic heterocycles. The summed E-state index contributed by atoms with van der Waals surface area (Å²) in [6.45, 7) is 3.11. The van der Waals surface area contributed by atoms with Gasteiger partial charge in [0.2, 0.25) is 0 Å². The van der Waals surface area contributed by atoms with Crippen LogP contribution in [0.5, 0.6) is 0 Å². The summed E-state index contributed by atoms with van der Waals surface area (Å²) >= 11 is 0. The van der Waals surface area contributed by atoms with E-state index in [9.17, 15) is 13.2 Å². The van der Waals surface area contributed by atoms with Crippen LogP contribution in [0.4, 0.5) is 5.69 Å². The molecule has 1 amide bonds. The molecule has 0 aliphatic heterocycles. The standard InChI is InChI=1S/C18H23N3O3S.ClH/c1-14-4-10-17(11-5-14)25(23,24)21(3)16-8-6-15(7-9-16)18(22)20-13-12-19-2;/h4-11,19H,12-13H2,1-3H3,(H,20,22);1H. The van der Waals surface area contributed by atoms with Crippen LogP contribution >= 0.6 is 12.4 Å². The minimum absolute atomic E-state index is 0. The second-order valence-electron chi connectivity index (χ2n) is 5.69. The fourth-order valence-electron chi connectivity index (χ4n) is 2.23. The number of hydrogen-bond donors (Lipinski definition) is 2. The Morgan fingerprint density at radius 1 is 1.00 bits per heavy atom. The molecule has 2 N–H and O–H groups in total. The Hall–Kier alpha value is -2.09. The highest BCUT2D eigenvalue weighted by Crippen LogP contribution is 2.22. The third-order valence-electron chi connectivity index (χ3n) is 3.83. The van der Waals surface area contributed by atoms with E-state index in [1.165, 1.54) is 11.4 Å². The first-order valence-corrected chi connectivity index (χ1v) is 9.38. The van der Waals surface area contributed by atoms with Gasteiger partial charge in [0.1, 0.15) is 0 Å². The first-order chi connectivity index (χ1) is 11.9. The van der Waals surface area contributed by atoms with E-state index in [0.717, 1.165) is 5.56 Å². The number of hydrogen-bond acceptors (Lipinski definition) is 4. The molecule has 0 radical (unpaired) electrons. The minimum Gasteiger partial charge on any atom is -0.351 e. The van der Waals surface area contributed by atoms with Gasteiger partial charge in [-0.05, 0) is 50.4 Å². The van der Waals surface area contributed by atoms with E-state index in [4.69, 9.17) is 0 Å². The topological polar surface area (TPSA) is 78.5 Å². The smallest absolute Gasteiger partial charge is 0.264 e. The van der Waals surface area contributed by atoms with Crippen LogP contribution in [0.2, 0.25) is 0 Å². The number of benzene rings is 2. The van der Waals surface area contributed by atoms with Crippen LogP contribution in [0.1, 0.15) is 15.9 Å². The fraction of sp³-hybridized carbons (Fsp3) is 0.278. The maximum Gasteiger partial charge on any atom is 0.264 e. The number of carbonyl (C=O) groups is 1. The third-order valence-corrected chi connectivity index (χ3v) is 5.63. The first-order valence-electron chi connectivity index (χ1n) is 7.94. The molecule has 8 heteroatoms. The lowest BCUT2D eigenvalue weighted by Crippen LogP contribution is -2.30. The van der Waals surface area contributed by atoms with Gasteiger partial charge in [0, 0.05) is 25.7 Å². The molecule has 26 heavy (non-hydrogen) atoms. The van der Waals surface area contributed by atoms with Crippen LogP contribution in [0, 0.1) is 6.92 Å². The average molecular weight is 398 g/mol. The van der Waals surface area contributed by atoms with Crippen molar-refractivity contribution >= 4 is 34.0 Å². The lowest BCUT2D eigenvalue weighted by molar-refractivity contribution is 0.0954. The third kappa shape index (κ3) is 5.20. The number of anilines is 1. The molecule has 0 bridgehead atoms. The van der Waals surface area contributed by atoms with Crippen molar-refractivity contribution in [2.45, 2.75) is 11.8 Å². The Morgan fingerprint density at radius 2 is 1.58 bits per heavy atom. The van der Waals surface area contributed by atoms with E-state index in [-0.39, 0.29) is 23.2 Å². The summed E-state index contributed by atoms with van der Waals surface area (Å²) in [7, 11) is -0.327. The van der Waals surface area contributed by atoms with Gasteiger partial charge < -0.3 is 10.6 Å². The van der Waals surface area contributed by atoms with Gasteiger partial charge >= 0.3 is 0 Å². The van der Waals surface area contributed by atoms with E-state index in [2.05, 4.69) is 10.6 Å². The zero-order valence-electron chi connectivity index (χ0n) is 15.0. The lowest BCUT2D eigenvalue weighted by atomic mass is 10.2. The molecule has 6 nitrogen and oxygen atoms in total. The summed E-state index contributed by atoms with van der Waals surface area (Å²) in [6, 6.07) is 13.2. The number of halogens is 1. The Bertz CT molecular complexity index is 822. The molecule has 0 heterocycles. The number of carbonyl (C=O) groups excluding carboxylic acids is 1. The second-order valence-corrected chi connectivity index (χ2v) is 7.66. The number of amides is 1. The quantitative estimate of drug-likeness (QED) is 0.702. The predicted molar refractivity (Wildman–Crippen MR) is 107 cm³/mol. The Morgan fingerprint density at radius 3 is 2.12 bits per heavy atom. The normalized spacial score (nSPS) is 10.7. The van der Waals surface area contributed by atoms with Gasteiger partial charge in [-0.25, -0.2) is 8.42 Å². The SMILES string of the molecule is CNCCNC(=O)c1ccc(N(C)S(=O)(=O)c2ccc(C)cc2)cc1.Cl. The van der Waals surface area contributed by atoms with Crippen molar-refractivity contribution in [3.8, 4) is 0 Å². The predicted octanol–water partition coefficient (Wildman–Crippen LogP) is 2.19. The summed E-state index contributed by atoms with van der Waals surface area (Å²) in [5.74, 6) is -0.189. The Kier molecular flexibility index (Phi) is 8.08. The average Bonchev–Trinajstić information content (AvgIpc) is 2.61. The molecule has 0 unspecified atom stereocenters. The maximum absolute atomic E-state index is 12.7. The summed E-state index contributed by atoms with van der Waals surface area (Å²) in [4.78, 5) is 12.2. The van der Waals surface area contributed by atoms with Crippen molar-refractivity contribution < 1.29 is 13.2 Å². The van der Waals surface area contributed by atoms with Crippen LogP contribution in [-0.4, -0.2) is 41.5 Å². The van der Waals surface area contributed by atoms with Crippen molar-refractivity contribution in [1.29, 1.82) is 0 Å². The molecular formula is C18H24ClN3O3S. The van der Waals surface area contributed by atoms with Crippen molar-refractivity contribution in [2.24, 2.45) is 0 Å². The number of nitrogens with one attached hydrogen (secondary N) is 2. The van der Waals surface area contributed by atoms with E-state index in [1.807, 2.05) is 14.0 Å². The molecule has 0 saturated heterocycles. The number of sulfonamides is 1. The monoisotopic (exact) mass is 397 g/mol. The molecule has 0 aliphatic carbocycles. The van der Waals surface area contributed by atoms with Gasteiger partial charge in [-0.1, -0.05) is 17.7 Å². The molecule has 2 aromatic rings. The molecule has 2 rings (SSSR count). The first kappa shape index (κ1) is 22.0. The van der Waals surface area contributed by atoms with Crippen LogP contribution in [0.15, 0.2) is 53.4 Å². The van der Waals surface area contributed by atoms with Crippen molar-refractivity contribution in [3.05, 3.63) is 59.7 Å². The summed E-state index contributed by atoms with van der Waals surface area (Å²) in [5, 5.41) is 5.72. The molecule has 0 aliphatic rings. The lowest BCUT2D eigenvalue weighted by Gasteiger charge is -2.20. The molecule has 0 saturated carbocycles. The van der Waals surface area contributed by atoms with Crippen molar-refractivity contribution in [3.63, 3.8) is 0 Å². The van der Waals surface area contributed by atoms with E-state index < -0.39 is 10.0 Å². The summed E-state index contributed by atoms with van der Waals surface area (Å²) in [5.41, 5.74) is 1.98. The Balaban J connectivity index is 0.00000338. The maximum atomic E-state index is 12.7. The zero-order chi connectivity index (χ0) is 18.4. The highest BCUT2D eigenvalue weighted by molar-refractivity contribution is 7.92. The minimum atomic E-state index is -3.63. The summed E-state index contributed by atoms with van der Waals surface area (Å²) < 4.78 is 26.6. The molecule has 2 aromatic carbocycles. The van der Waals surface area contributed by atoms with E-state index >= 15 is 0 Å². The number of nitrogens with zero attached hydrogens (tertiary/aromatic N) is 1. The molecule has 0 spiro atoms. The summed E-state index contributed by atoms with van der Waals surface area (Å²) in [6.07, 6.45) is 0. The van der Waals surface area contributed by atoms with Crippen molar-refractivity contribution in [1.82, 2.24) is 10.6 Å². The number of likely N-dealkylation sites (N-methyl/N-ethyl adjacent to an activating group) is 1. The molecule has 142 valence electrons. The molecular weight excluding hydrogens is 374 g/mol. The molecule has 0 fully saturated rings. The highest BCUT2D eigenvalue weighted by Gasteiger charge is 2.21. The van der Waals surface area contributed by atoms with Crippen LogP contribution < -0.4 is 14.9 Å². The zero-order valence-corrected chi connectivity index (χ0v) is 16.7. The number of aryl methyl sites for hydroxylation is 1. The van der Waals surface area contributed by atoms with Gasteiger partial charge in [-0.15, -0.1) is 12.4 Å².